The van der Waals surface area contributed by atoms with E-state index in [1.165, 1.54) is 0 Å². The summed E-state index contributed by atoms with van der Waals surface area (Å²) in [4.78, 5) is 10.1. The lowest BCUT2D eigenvalue weighted by Gasteiger charge is -2.09. The van der Waals surface area contributed by atoms with Crippen molar-refractivity contribution in [1.29, 1.82) is 0 Å². The minimum Gasteiger partial charge on any atom is -0.430 e. The second-order valence-electron chi connectivity index (χ2n) is 4.53. The smallest absolute Gasteiger partial charge is 0.416 e. The van der Waals surface area contributed by atoms with Gasteiger partial charge in [0.15, 0.2) is 0 Å². The molecule has 0 unspecified atom stereocenters. The van der Waals surface area contributed by atoms with Crippen LogP contribution in [0.5, 0.6) is 11.6 Å². The minimum absolute atomic E-state index is 0.114. The topological polar surface area (TPSA) is 81.1 Å². The first-order valence-electron chi connectivity index (χ1n) is 6.31. The number of nitro groups is 1. The number of ether oxygens (including phenoxy) is 1. The number of rotatable bonds is 4. The van der Waals surface area contributed by atoms with Gasteiger partial charge in [0.05, 0.1) is 10.5 Å². The molecule has 0 fully saturated rings. The molecule has 0 bridgehead atoms. The van der Waals surface area contributed by atoms with Crippen LogP contribution in [-0.2, 0) is 12.6 Å². The van der Waals surface area contributed by atoms with Gasteiger partial charge in [0.25, 0.3) is 0 Å². The number of alkyl halides is 3. The fourth-order valence-corrected chi connectivity index (χ4v) is 1.96. The van der Waals surface area contributed by atoms with E-state index in [1.54, 1.807) is 6.92 Å². The molecule has 0 aliphatic heterocycles. The molecule has 0 saturated heterocycles. The molecule has 0 saturated carbocycles. The number of H-pyrrole nitrogens is 1. The maximum absolute atomic E-state index is 12.6. The molecule has 1 aromatic heterocycles. The number of aryl methyl sites for hydroxylation is 1. The number of benzene rings is 1. The Morgan fingerprint density at radius 1 is 1.41 bits per heavy atom. The molecule has 2 aromatic rings. The first-order chi connectivity index (χ1) is 10.2. The number of nitrogens with zero attached hydrogens (tertiary/aromatic N) is 2. The molecule has 9 heteroatoms. The predicted molar refractivity (Wildman–Crippen MR) is 70.9 cm³/mol. The van der Waals surface area contributed by atoms with Gasteiger partial charge in [-0.1, -0.05) is 6.92 Å². The summed E-state index contributed by atoms with van der Waals surface area (Å²) in [5.74, 6) is -0.179. The third-order valence-electron chi connectivity index (χ3n) is 3.08. The summed E-state index contributed by atoms with van der Waals surface area (Å²) >= 11 is 0. The Morgan fingerprint density at radius 3 is 2.64 bits per heavy atom. The monoisotopic (exact) mass is 315 g/mol. The first kappa shape index (κ1) is 15.8. The maximum atomic E-state index is 12.6. The second kappa shape index (κ2) is 5.66. The normalized spacial score (nSPS) is 11.5. The highest BCUT2D eigenvalue weighted by Crippen LogP contribution is 2.38. The summed E-state index contributed by atoms with van der Waals surface area (Å²) in [7, 11) is 0. The van der Waals surface area contributed by atoms with Crippen LogP contribution in [0.4, 0.5) is 18.9 Å². The Hall–Kier alpha value is -2.58. The van der Waals surface area contributed by atoms with Crippen LogP contribution in [0, 0.1) is 17.0 Å². The Labute approximate surface area is 123 Å². The summed E-state index contributed by atoms with van der Waals surface area (Å²) < 4.78 is 43.2. The molecule has 1 aromatic carbocycles. The average Bonchev–Trinajstić information content (AvgIpc) is 2.78. The van der Waals surface area contributed by atoms with E-state index in [1.807, 2.05) is 6.92 Å². The molecule has 0 radical (unpaired) electrons. The van der Waals surface area contributed by atoms with Crippen molar-refractivity contribution >= 4 is 5.69 Å². The molecule has 2 rings (SSSR count). The van der Waals surface area contributed by atoms with Crippen LogP contribution in [0.3, 0.4) is 0 Å². The summed E-state index contributed by atoms with van der Waals surface area (Å²) in [6, 6.07) is 2.10. The van der Waals surface area contributed by atoms with Crippen molar-refractivity contribution in [3.05, 3.63) is 45.1 Å². The van der Waals surface area contributed by atoms with Gasteiger partial charge in [-0.15, -0.1) is 5.10 Å². The van der Waals surface area contributed by atoms with E-state index >= 15 is 0 Å². The quantitative estimate of drug-likeness (QED) is 0.683. The van der Waals surface area contributed by atoms with Gasteiger partial charge in [0.1, 0.15) is 0 Å². The van der Waals surface area contributed by atoms with E-state index in [9.17, 15) is 23.3 Å². The standard InChI is InChI=1S/C13H12F3N3O3/c1-3-9-7(2)17-18-12(9)22-11-5-4-8(13(14,15)16)6-10(11)19(20)21/h4-6H,3H2,1-2H3,(H,17,18). The number of halogens is 3. The van der Waals surface area contributed by atoms with Crippen LogP contribution in [0.25, 0.3) is 0 Å². The largest absolute Gasteiger partial charge is 0.430 e. The van der Waals surface area contributed by atoms with Gasteiger partial charge in [-0.2, -0.15) is 13.2 Å². The second-order valence-corrected chi connectivity index (χ2v) is 4.53. The summed E-state index contributed by atoms with van der Waals surface area (Å²) in [6.07, 6.45) is -4.10. The van der Waals surface area contributed by atoms with E-state index in [0.29, 0.717) is 18.1 Å². The molecule has 6 nitrogen and oxygen atoms in total. The molecule has 1 N–H and O–H groups in total. The Kier molecular flexibility index (Phi) is 4.07. The van der Waals surface area contributed by atoms with Crippen LogP contribution < -0.4 is 4.74 Å². The minimum atomic E-state index is -4.67. The summed E-state index contributed by atoms with van der Waals surface area (Å²) in [5, 5.41) is 17.5. The Morgan fingerprint density at radius 2 is 2.09 bits per heavy atom. The van der Waals surface area contributed by atoms with Crippen LogP contribution >= 0.6 is 0 Å². The van der Waals surface area contributed by atoms with Gasteiger partial charge in [-0.25, -0.2) is 0 Å². The third kappa shape index (κ3) is 3.02. The summed E-state index contributed by atoms with van der Waals surface area (Å²) in [5.41, 5.74) is -0.445. The molecule has 1 heterocycles. The van der Waals surface area contributed by atoms with Crippen LogP contribution in [-0.4, -0.2) is 15.1 Å². The highest BCUT2D eigenvalue weighted by molar-refractivity contribution is 5.51. The van der Waals surface area contributed by atoms with Crippen LogP contribution in [0.15, 0.2) is 18.2 Å². The van der Waals surface area contributed by atoms with E-state index < -0.39 is 22.4 Å². The molecule has 0 aliphatic carbocycles. The maximum Gasteiger partial charge on any atom is 0.416 e. The fourth-order valence-electron chi connectivity index (χ4n) is 1.96. The van der Waals surface area contributed by atoms with E-state index in [-0.39, 0.29) is 11.6 Å². The Bertz CT molecular complexity index is 710. The molecule has 0 atom stereocenters. The molecule has 118 valence electrons. The first-order valence-corrected chi connectivity index (χ1v) is 6.31. The van der Waals surface area contributed by atoms with E-state index in [2.05, 4.69) is 10.2 Å². The van der Waals surface area contributed by atoms with Crippen molar-refractivity contribution < 1.29 is 22.8 Å². The van der Waals surface area contributed by atoms with E-state index in [4.69, 9.17) is 4.74 Å². The highest BCUT2D eigenvalue weighted by Gasteiger charge is 2.33. The third-order valence-corrected chi connectivity index (χ3v) is 3.08. The zero-order chi connectivity index (χ0) is 16.5. The van der Waals surface area contributed by atoms with Crippen molar-refractivity contribution in [1.82, 2.24) is 10.2 Å². The lowest BCUT2D eigenvalue weighted by molar-refractivity contribution is -0.385. The van der Waals surface area contributed by atoms with Crippen molar-refractivity contribution in [2.24, 2.45) is 0 Å². The Balaban J connectivity index is 2.45. The number of hydrogen-bond donors (Lipinski definition) is 1. The zero-order valence-electron chi connectivity index (χ0n) is 11.7. The highest BCUT2D eigenvalue weighted by atomic mass is 19.4. The fraction of sp³-hybridized carbons (Fsp3) is 0.308. The SMILES string of the molecule is CCc1c(Oc2ccc(C(F)(F)F)cc2[N+](=O)[O-])n[nH]c1C. The lowest BCUT2D eigenvalue weighted by atomic mass is 10.1. The number of aromatic amines is 1. The average molecular weight is 315 g/mol. The van der Waals surface area contributed by atoms with Gasteiger partial charge in [-0.3, -0.25) is 15.2 Å². The molecular formula is C13H12F3N3O3. The van der Waals surface area contributed by atoms with Gasteiger partial charge in [-0.05, 0) is 25.5 Å². The lowest BCUT2D eigenvalue weighted by Crippen LogP contribution is -2.06. The summed E-state index contributed by atoms with van der Waals surface area (Å²) in [6.45, 7) is 3.59. The van der Waals surface area contributed by atoms with Gasteiger partial charge in [0, 0.05) is 17.3 Å². The number of aromatic nitrogens is 2. The molecule has 0 spiro atoms. The molecule has 0 aliphatic rings. The molecule has 22 heavy (non-hydrogen) atoms. The molecule has 0 amide bonds. The van der Waals surface area contributed by atoms with Crippen molar-refractivity contribution in [3.63, 3.8) is 0 Å². The van der Waals surface area contributed by atoms with Crippen molar-refractivity contribution in [3.8, 4) is 11.6 Å². The van der Waals surface area contributed by atoms with Crippen LogP contribution in [0.1, 0.15) is 23.7 Å². The zero-order valence-corrected chi connectivity index (χ0v) is 11.7. The van der Waals surface area contributed by atoms with Crippen LogP contribution in [0.2, 0.25) is 0 Å². The van der Waals surface area contributed by atoms with Gasteiger partial charge in [0.2, 0.25) is 11.6 Å². The molecular weight excluding hydrogens is 303 g/mol. The number of nitro benzene ring substituents is 1. The van der Waals surface area contributed by atoms with E-state index in [0.717, 1.165) is 17.8 Å². The van der Waals surface area contributed by atoms with Gasteiger partial charge >= 0.3 is 11.9 Å². The number of nitrogens with one attached hydrogen (secondary N) is 1. The van der Waals surface area contributed by atoms with Gasteiger partial charge < -0.3 is 4.74 Å². The van der Waals surface area contributed by atoms with Crippen molar-refractivity contribution in [2.45, 2.75) is 26.4 Å². The van der Waals surface area contributed by atoms with Crippen molar-refractivity contribution in [2.75, 3.05) is 0 Å². The number of hydrogen-bond acceptors (Lipinski definition) is 4. The predicted octanol–water partition coefficient (Wildman–Crippen LogP) is 4.00.